The van der Waals surface area contributed by atoms with Gasteiger partial charge in [-0.15, -0.1) is 0 Å². The molecule has 2 heteroatoms. The minimum absolute atomic E-state index is 0.426. The van der Waals surface area contributed by atoms with Gasteiger partial charge in [-0.3, -0.25) is 0 Å². The van der Waals surface area contributed by atoms with E-state index in [0.717, 1.165) is 17.8 Å². The number of hydrogen-bond donors (Lipinski definition) is 2. The summed E-state index contributed by atoms with van der Waals surface area (Å²) < 4.78 is 0.426. The van der Waals surface area contributed by atoms with E-state index in [2.05, 4.69) is 12.6 Å². The number of rotatable bonds is 0. The molecule has 54 valence electrons. The molecule has 0 bridgehead atoms. The van der Waals surface area contributed by atoms with Gasteiger partial charge in [0.25, 0.3) is 0 Å². The number of thiol groups is 2. The van der Waals surface area contributed by atoms with Crippen LogP contribution in [0.25, 0.3) is 0 Å². The van der Waals surface area contributed by atoms with Crippen molar-refractivity contribution >= 4 is 25.3 Å². The summed E-state index contributed by atoms with van der Waals surface area (Å²) in [5.41, 5.74) is 0.673. The van der Waals surface area contributed by atoms with Crippen LogP contribution in [-0.2, 0) is 0 Å². The summed E-state index contributed by atoms with van der Waals surface area (Å²) in [5, 5.41) is 0.664. The molecule has 6 unspecified atom stereocenters. The van der Waals surface area contributed by atoms with Crippen LogP contribution in [0.3, 0.4) is 0 Å². The molecule has 0 radical (unpaired) electrons. The van der Waals surface area contributed by atoms with E-state index in [9.17, 15) is 0 Å². The van der Waals surface area contributed by atoms with Crippen LogP contribution in [0.2, 0.25) is 0 Å². The van der Waals surface area contributed by atoms with E-state index < -0.39 is 0 Å². The van der Waals surface area contributed by atoms with Crippen LogP contribution >= 0.6 is 25.3 Å². The van der Waals surface area contributed by atoms with E-state index in [4.69, 9.17) is 12.6 Å². The van der Waals surface area contributed by atoms with Crippen LogP contribution in [0.1, 0.15) is 12.8 Å². The second-order valence-corrected chi connectivity index (χ2v) is 5.86. The lowest BCUT2D eigenvalue weighted by Crippen LogP contribution is -2.68. The van der Waals surface area contributed by atoms with Crippen molar-refractivity contribution in [1.82, 2.24) is 0 Å². The third-order valence-electron chi connectivity index (χ3n) is 4.83. The molecule has 10 heavy (non-hydrogen) atoms. The first-order valence-electron chi connectivity index (χ1n) is 4.13. The van der Waals surface area contributed by atoms with Crippen LogP contribution in [0.5, 0.6) is 0 Å². The molecule has 4 rings (SSSR count). The molecule has 6 atom stereocenters. The molecule has 1 spiro atoms. The van der Waals surface area contributed by atoms with Gasteiger partial charge in [-0.1, -0.05) is 0 Å². The highest BCUT2D eigenvalue weighted by Gasteiger charge is 2.97. The summed E-state index contributed by atoms with van der Waals surface area (Å²) in [4.78, 5) is 0. The standard InChI is InChI=1S/C8H10S2/c9-6-7-2-3-1-4(5(3)7)8(6,7)10/h3-6,9-10H,1-2H2. The highest BCUT2D eigenvalue weighted by molar-refractivity contribution is 7.87. The third kappa shape index (κ3) is 0.217. The lowest BCUT2D eigenvalue weighted by molar-refractivity contribution is -0.189. The summed E-state index contributed by atoms with van der Waals surface area (Å²) >= 11 is 9.38. The average Bonchev–Trinajstić information content (AvgIpc) is 2.33. The second-order valence-electron chi connectivity index (χ2n) is 4.60. The molecule has 0 N–H and O–H groups in total. The van der Waals surface area contributed by atoms with Gasteiger partial charge < -0.3 is 0 Å². The van der Waals surface area contributed by atoms with Gasteiger partial charge in [-0.2, -0.15) is 25.3 Å². The maximum atomic E-state index is 4.76. The van der Waals surface area contributed by atoms with Gasteiger partial charge in [-0.05, 0) is 30.6 Å². The van der Waals surface area contributed by atoms with E-state index in [0.29, 0.717) is 15.4 Å². The topological polar surface area (TPSA) is 0 Å². The molecule has 0 saturated heterocycles. The van der Waals surface area contributed by atoms with Gasteiger partial charge >= 0.3 is 0 Å². The highest BCUT2D eigenvalue weighted by atomic mass is 32.1. The summed E-state index contributed by atoms with van der Waals surface area (Å²) in [6.45, 7) is 0. The number of fused-ring (bicyclic) bond motifs is 1. The lowest BCUT2D eigenvalue weighted by atomic mass is 9.36. The van der Waals surface area contributed by atoms with E-state index >= 15 is 0 Å². The fraction of sp³-hybridized carbons (Fsp3) is 1.00. The third-order valence-corrected chi connectivity index (χ3v) is 6.90. The van der Waals surface area contributed by atoms with Gasteiger partial charge in [0.1, 0.15) is 0 Å². The smallest absolute Gasteiger partial charge is 0.0353 e. The molecule has 0 heterocycles. The predicted octanol–water partition coefficient (Wildman–Crippen LogP) is 1.62. The van der Waals surface area contributed by atoms with Gasteiger partial charge in [0.15, 0.2) is 0 Å². The Hall–Kier alpha value is 0.700. The van der Waals surface area contributed by atoms with E-state index in [1.54, 1.807) is 0 Å². The van der Waals surface area contributed by atoms with Crippen molar-refractivity contribution in [3.63, 3.8) is 0 Å². The minimum atomic E-state index is 0.426. The van der Waals surface area contributed by atoms with Crippen molar-refractivity contribution in [2.75, 3.05) is 0 Å². The normalized spacial score (nSPS) is 87.0. The van der Waals surface area contributed by atoms with Crippen molar-refractivity contribution in [1.29, 1.82) is 0 Å². The average molecular weight is 170 g/mol. The SMILES string of the molecule is SC1C2(S)C3CC4CC12C43. The largest absolute Gasteiger partial charge is 0.174 e. The Balaban J connectivity index is 1.93. The van der Waals surface area contributed by atoms with Crippen LogP contribution in [-0.4, -0.2) is 10.00 Å². The van der Waals surface area contributed by atoms with Crippen LogP contribution < -0.4 is 0 Å². The lowest BCUT2D eigenvalue weighted by Gasteiger charge is -2.71. The van der Waals surface area contributed by atoms with Gasteiger partial charge in [0, 0.05) is 15.4 Å². The van der Waals surface area contributed by atoms with Crippen molar-refractivity contribution in [3.8, 4) is 0 Å². The molecule has 4 aliphatic carbocycles. The Morgan fingerprint density at radius 1 is 1.40 bits per heavy atom. The maximum Gasteiger partial charge on any atom is 0.0353 e. The molecule has 4 saturated carbocycles. The first-order chi connectivity index (χ1) is 4.73. The van der Waals surface area contributed by atoms with Crippen LogP contribution in [0.15, 0.2) is 0 Å². The van der Waals surface area contributed by atoms with Crippen LogP contribution in [0, 0.1) is 23.2 Å². The fourth-order valence-electron chi connectivity index (χ4n) is 4.32. The molecular formula is C8H10S2. The van der Waals surface area contributed by atoms with Gasteiger partial charge in [0.05, 0.1) is 0 Å². The zero-order valence-electron chi connectivity index (χ0n) is 5.62. The van der Waals surface area contributed by atoms with Crippen LogP contribution in [0.4, 0.5) is 0 Å². The Bertz CT molecular complexity index is 234. The molecule has 0 aromatic carbocycles. The van der Waals surface area contributed by atoms with E-state index in [1.807, 2.05) is 0 Å². The molecule has 0 aliphatic heterocycles. The second kappa shape index (κ2) is 1.03. The van der Waals surface area contributed by atoms with Crippen molar-refractivity contribution in [2.45, 2.75) is 22.8 Å². The Morgan fingerprint density at radius 3 is 2.50 bits per heavy atom. The van der Waals surface area contributed by atoms with Crippen molar-refractivity contribution in [2.24, 2.45) is 23.2 Å². The molecule has 0 aromatic heterocycles. The summed E-state index contributed by atoms with van der Waals surface area (Å²) in [5.74, 6) is 3.19. The Morgan fingerprint density at radius 2 is 2.20 bits per heavy atom. The van der Waals surface area contributed by atoms with Crippen molar-refractivity contribution in [3.05, 3.63) is 0 Å². The predicted molar refractivity (Wildman–Crippen MR) is 46.6 cm³/mol. The zero-order valence-corrected chi connectivity index (χ0v) is 7.41. The van der Waals surface area contributed by atoms with E-state index in [1.165, 1.54) is 12.8 Å². The Kier molecular flexibility index (Phi) is 0.552. The highest BCUT2D eigenvalue weighted by Crippen LogP contribution is 2.96. The number of hydrogen-bond acceptors (Lipinski definition) is 2. The van der Waals surface area contributed by atoms with Gasteiger partial charge in [-0.25, -0.2) is 0 Å². The molecule has 0 amide bonds. The molecule has 4 aliphatic rings. The summed E-state index contributed by atoms with van der Waals surface area (Å²) in [6, 6.07) is 0. The monoisotopic (exact) mass is 170 g/mol. The molecular weight excluding hydrogens is 160 g/mol. The van der Waals surface area contributed by atoms with Crippen molar-refractivity contribution < 1.29 is 0 Å². The molecule has 4 fully saturated rings. The fourth-order valence-corrected chi connectivity index (χ4v) is 6.08. The maximum absolute atomic E-state index is 4.76. The van der Waals surface area contributed by atoms with Gasteiger partial charge in [0.2, 0.25) is 0 Å². The molecule has 0 nitrogen and oxygen atoms in total. The zero-order chi connectivity index (χ0) is 6.72. The minimum Gasteiger partial charge on any atom is -0.174 e. The molecule has 0 aromatic rings. The first kappa shape index (κ1) is 5.36. The Labute approximate surface area is 71.6 Å². The first-order valence-corrected chi connectivity index (χ1v) is 5.10. The summed E-state index contributed by atoms with van der Waals surface area (Å²) in [6.07, 6.45) is 2.94. The summed E-state index contributed by atoms with van der Waals surface area (Å²) in [7, 11) is 0. The van der Waals surface area contributed by atoms with E-state index in [-0.39, 0.29) is 0 Å². The quantitative estimate of drug-likeness (QED) is 0.507.